The number of aryl methyl sites for hydroxylation is 2. The van der Waals surface area contributed by atoms with Gasteiger partial charge in [0.15, 0.2) is 0 Å². The Morgan fingerprint density at radius 1 is 0.923 bits per heavy atom. The smallest absolute Gasteiger partial charge is 0.110 e. The second-order valence-corrected chi connectivity index (χ2v) is 6.18. The van der Waals surface area contributed by atoms with Gasteiger partial charge in [-0.05, 0) is 49.2 Å². The highest BCUT2D eigenvalue weighted by Crippen LogP contribution is 2.30. The highest BCUT2D eigenvalue weighted by molar-refractivity contribution is 5.68. The molecule has 0 aromatic heterocycles. The number of aliphatic hydroxyl groups excluding tert-OH is 4. The number of hydrogen-bond acceptors (Lipinski definition) is 7. The van der Waals surface area contributed by atoms with Crippen molar-refractivity contribution in [2.45, 2.75) is 32.2 Å². The van der Waals surface area contributed by atoms with E-state index in [1.54, 1.807) is 0 Å². The van der Waals surface area contributed by atoms with E-state index in [2.05, 4.69) is 15.5 Å². The maximum atomic E-state index is 9.97. The Balaban J connectivity index is 2.17. The van der Waals surface area contributed by atoms with E-state index in [4.69, 9.17) is 5.11 Å². The zero-order valence-corrected chi connectivity index (χ0v) is 14.9. The minimum Gasteiger partial charge on any atom is -0.394 e. The van der Waals surface area contributed by atoms with Gasteiger partial charge in [-0.25, -0.2) is 0 Å². The maximum absolute atomic E-state index is 9.97. The van der Waals surface area contributed by atoms with Crippen molar-refractivity contribution in [2.24, 2.45) is 10.2 Å². The third kappa shape index (κ3) is 5.34. The summed E-state index contributed by atoms with van der Waals surface area (Å²) in [5.41, 5.74) is 4.06. The number of nitrogens with one attached hydrogen (secondary N) is 1. The Morgan fingerprint density at radius 2 is 1.58 bits per heavy atom. The average Bonchev–Trinajstić information content (AvgIpc) is 2.66. The maximum Gasteiger partial charge on any atom is 0.110 e. The molecule has 0 radical (unpaired) electrons. The summed E-state index contributed by atoms with van der Waals surface area (Å²) >= 11 is 0. The molecule has 2 aromatic rings. The molecule has 3 atom stereocenters. The van der Waals surface area contributed by atoms with E-state index >= 15 is 0 Å². The molecule has 2 rings (SSSR count). The van der Waals surface area contributed by atoms with Gasteiger partial charge in [0, 0.05) is 6.54 Å². The average molecular weight is 359 g/mol. The highest BCUT2D eigenvalue weighted by Gasteiger charge is 2.24. The molecule has 0 aliphatic heterocycles. The number of azo groups is 1. The number of benzene rings is 2. The molecular formula is C19H25N3O4. The molecule has 0 aliphatic rings. The summed E-state index contributed by atoms with van der Waals surface area (Å²) in [5, 5.41) is 49.5. The van der Waals surface area contributed by atoms with Crippen LogP contribution in [0.2, 0.25) is 0 Å². The summed E-state index contributed by atoms with van der Waals surface area (Å²) in [6, 6.07) is 13.1. The predicted molar refractivity (Wildman–Crippen MR) is 100 cm³/mol. The minimum absolute atomic E-state index is 0.0193. The van der Waals surface area contributed by atoms with Crippen molar-refractivity contribution in [1.29, 1.82) is 0 Å². The third-order valence-electron chi connectivity index (χ3n) is 4.12. The summed E-state index contributed by atoms with van der Waals surface area (Å²) in [6.07, 6.45) is -4.10. The molecule has 0 bridgehead atoms. The Hall–Kier alpha value is -2.32. The normalized spacial score (nSPS) is 15.0. The lowest BCUT2D eigenvalue weighted by Gasteiger charge is -2.22. The molecular weight excluding hydrogens is 334 g/mol. The molecule has 7 heteroatoms. The van der Waals surface area contributed by atoms with Crippen LogP contribution in [0.1, 0.15) is 11.1 Å². The van der Waals surface area contributed by atoms with E-state index in [-0.39, 0.29) is 6.54 Å². The molecule has 5 N–H and O–H groups in total. The van der Waals surface area contributed by atoms with Crippen molar-refractivity contribution in [2.75, 3.05) is 18.5 Å². The number of nitrogens with zero attached hydrogens (tertiary/aromatic N) is 2. The predicted octanol–water partition coefficient (Wildman–Crippen LogP) is 2.21. The highest BCUT2D eigenvalue weighted by atomic mass is 16.4. The molecule has 2 aromatic carbocycles. The summed E-state index contributed by atoms with van der Waals surface area (Å²) in [5.74, 6) is 0. The largest absolute Gasteiger partial charge is 0.394 e. The summed E-state index contributed by atoms with van der Waals surface area (Å²) in [6.45, 7) is 3.28. The third-order valence-corrected chi connectivity index (χ3v) is 4.12. The number of anilines is 1. The van der Waals surface area contributed by atoms with Crippen LogP contribution in [0.15, 0.2) is 52.7 Å². The van der Waals surface area contributed by atoms with E-state index < -0.39 is 24.9 Å². The molecule has 7 nitrogen and oxygen atoms in total. The van der Waals surface area contributed by atoms with Crippen molar-refractivity contribution in [3.63, 3.8) is 0 Å². The standard InChI is InChI=1S/C19H25N3O4/c1-12-8-15(20-10-17(24)19(26)18(25)11-23)16(9-13(12)2)22-21-14-6-4-3-5-7-14/h3-9,17-20,23-26H,10-11H2,1-2H3/t17-,18-,19?/m1/s1. The summed E-state index contributed by atoms with van der Waals surface area (Å²) in [7, 11) is 0. The van der Waals surface area contributed by atoms with Crippen molar-refractivity contribution < 1.29 is 20.4 Å². The minimum atomic E-state index is -1.45. The van der Waals surface area contributed by atoms with Gasteiger partial charge < -0.3 is 25.7 Å². The molecule has 0 spiro atoms. The molecule has 0 aliphatic carbocycles. The fourth-order valence-corrected chi connectivity index (χ4v) is 2.33. The van der Waals surface area contributed by atoms with Gasteiger partial charge in [-0.1, -0.05) is 18.2 Å². The number of rotatable bonds is 8. The van der Waals surface area contributed by atoms with Crippen molar-refractivity contribution in [1.82, 2.24) is 0 Å². The van der Waals surface area contributed by atoms with Crippen LogP contribution in [0.4, 0.5) is 17.1 Å². The zero-order chi connectivity index (χ0) is 19.1. The van der Waals surface area contributed by atoms with Crippen molar-refractivity contribution in [3.05, 3.63) is 53.6 Å². The van der Waals surface area contributed by atoms with Crippen LogP contribution >= 0.6 is 0 Å². The van der Waals surface area contributed by atoms with E-state index in [9.17, 15) is 15.3 Å². The quantitative estimate of drug-likeness (QED) is 0.463. The van der Waals surface area contributed by atoms with Crippen molar-refractivity contribution in [3.8, 4) is 0 Å². The Labute approximate surface area is 152 Å². The van der Waals surface area contributed by atoms with Gasteiger partial charge in [0.25, 0.3) is 0 Å². The molecule has 140 valence electrons. The van der Waals surface area contributed by atoms with E-state index in [0.29, 0.717) is 11.4 Å². The molecule has 26 heavy (non-hydrogen) atoms. The summed E-state index contributed by atoms with van der Waals surface area (Å²) < 4.78 is 0. The first-order valence-corrected chi connectivity index (χ1v) is 8.39. The molecule has 0 saturated carbocycles. The van der Waals surface area contributed by atoms with E-state index in [1.165, 1.54) is 0 Å². The van der Waals surface area contributed by atoms with E-state index in [0.717, 1.165) is 16.8 Å². The van der Waals surface area contributed by atoms with E-state index in [1.807, 2.05) is 56.3 Å². The SMILES string of the molecule is Cc1cc(N=Nc2ccccc2)c(NC[C@@H](O)C(O)[C@H](O)CO)cc1C. The fourth-order valence-electron chi connectivity index (χ4n) is 2.33. The van der Waals surface area contributed by atoms with Gasteiger partial charge in [-0.2, -0.15) is 5.11 Å². The van der Waals surface area contributed by atoms with Crippen LogP contribution in [-0.4, -0.2) is 51.9 Å². The lowest BCUT2D eigenvalue weighted by molar-refractivity contribution is -0.0715. The Kier molecular flexibility index (Phi) is 7.23. The lowest BCUT2D eigenvalue weighted by Crippen LogP contribution is -2.42. The summed E-state index contributed by atoms with van der Waals surface area (Å²) in [4.78, 5) is 0. The van der Waals surface area contributed by atoms with Crippen LogP contribution in [0, 0.1) is 13.8 Å². The van der Waals surface area contributed by atoms with Crippen LogP contribution in [0.3, 0.4) is 0 Å². The molecule has 0 saturated heterocycles. The van der Waals surface area contributed by atoms with Crippen LogP contribution in [0.25, 0.3) is 0 Å². The topological polar surface area (TPSA) is 118 Å². The van der Waals surface area contributed by atoms with Gasteiger partial charge in [-0.15, -0.1) is 5.11 Å². The van der Waals surface area contributed by atoms with Crippen molar-refractivity contribution >= 4 is 17.1 Å². The van der Waals surface area contributed by atoms with Gasteiger partial charge in [0.2, 0.25) is 0 Å². The first-order chi connectivity index (χ1) is 12.4. The second kappa shape index (κ2) is 9.40. The zero-order valence-electron chi connectivity index (χ0n) is 14.9. The fraction of sp³-hybridized carbons (Fsp3) is 0.368. The van der Waals surface area contributed by atoms with Gasteiger partial charge in [0.05, 0.1) is 24.1 Å². The first-order valence-electron chi connectivity index (χ1n) is 8.39. The monoisotopic (exact) mass is 359 g/mol. The Morgan fingerprint density at radius 3 is 2.23 bits per heavy atom. The lowest BCUT2D eigenvalue weighted by atomic mass is 10.1. The Bertz CT molecular complexity index is 737. The van der Waals surface area contributed by atoms with Gasteiger partial charge in [0.1, 0.15) is 17.9 Å². The number of aliphatic hydroxyl groups is 4. The first kappa shape index (κ1) is 20.0. The van der Waals surface area contributed by atoms with Gasteiger partial charge in [-0.3, -0.25) is 0 Å². The number of hydrogen-bond donors (Lipinski definition) is 5. The molecule has 0 amide bonds. The molecule has 1 unspecified atom stereocenters. The van der Waals surface area contributed by atoms with Crippen LogP contribution < -0.4 is 5.32 Å². The van der Waals surface area contributed by atoms with Crippen LogP contribution in [-0.2, 0) is 0 Å². The second-order valence-electron chi connectivity index (χ2n) is 6.18. The van der Waals surface area contributed by atoms with Crippen LogP contribution in [0.5, 0.6) is 0 Å². The van der Waals surface area contributed by atoms with Gasteiger partial charge >= 0.3 is 0 Å². The molecule has 0 heterocycles. The molecule has 0 fully saturated rings.